The smallest absolute Gasteiger partial charge is 0.143 e. The molecule has 0 aliphatic rings. The van der Waals surface area contributed by atoms with E-state index in [9.17, 15) is 0 Å². The van der Waals surface area contributed by atoms with Crippen LogP contribution in [0.15, 0.2) is 30.3 Å². The molecule has 0 saturated carbocycles. The van der Waals surface area contributed by atoms with Gasteiger partial charge in [0.05, 0.1) is 5.69 Å². The van der Waals surface area contributed by atoms with Gasteiger partial charge in [-0.15, -0.1) is 0 Å². The highest BCUT2D eigenvalue weighted by Gasteiger charge is 1.95. The van der Waals surface area contributed by atoms with Crippen LogP contribution in [0.3, 0.4) is 0 Å². The third-order valence-corrected chi connectivity index (χ3v) is 1.09. The summed E-state index contributed by atoms with van der Waals surface area (Å²) in [4.78, 5) is 0. The highest BCUT2D eigenvalue weighted by molar-refractivity contribution is 5.34. The molecular formula is C8H10NO. The van der Waals surface area contributed by atoms with Gasteiger partial charge in [0.25, 0.3) is 0 Å². The van der Waals surface area contributed by atoms with Gasteiger partial charge in [0.2, 0.25) is 0 Å². The Balaban J connectivity index is 2.59. The molecule has 1 unspecified atom stereocenters. The Bertz CT molecular complexity index is 184. The van der Waals surface area contributed by atoms with E-state index in [0.717, 1.165) is 5.69 Å². The van der Waals surface area contributed by atoms with Gasteiger partial charge in [-0.2, -0.15) is 0 Å². The molecule has 0 bridgehead atoms. The summed E-state index contributed by atoms with van der Waals surface area (Å²) in [5.74, 6) is 0. The number of hydrogen-bond donors (Lipinski definition) is 1. The Morgan fingerprint density at radius 1 is 1.30 bits per heavy atom. The van der Waals surface area contributed by atoms with Crippen molar-refractivity contribution in [1.82, 2.24) is 5.32 Å². The Labute approximate surface area is 60.5 Å². The van der Waals surface area contributed by atoms with Gasteiger partial charge in [-0.3, -0.25) is 5.32 Å². The molecule has 53 valence electrons. The van der Waals surface area contributed by atoms with Crippen LogP contribution in [0.5, 0.6) is 0 Å². The summed E-state index contributed by atoms with van der Waals surface area (Å²) >= 11 is 0. The summed E-state index contributed by atoms with van der Waals surface area (Å²) in [7, 11) is 0. The molecule has 2 heteroatoms. The molecule has 1 atom stereocenters. The van der Waals surface area contributed by atoms with E-state index >= 15 is 0 Å². The van der Waals surface area contributed by atoms with Gasteiger partial charge in [-0.25, -0.2) is 0 Å². The Morgan fingerprint density at radius 3 is 2.40 bits per heavy atom. The zero-order chi connectivity index (χ0) is 7.40. The molecule has 0 aliphatic carbocycles. The first kappa shape index (κ1) is 7.09. The number of hydrogen-bond acceptors (Lipinski definition) is 1. The van der Waals surface area contributed by atoms with Crippen LogP contribution in [0, 0.1) is 0 Å². The molecule has 1 aromatic rings. The summed E-state index contributed by atoms with van der Waals surface area (Å²) in [6.45, 7) is 1.63. The molecule has 0 aromatic heterocycles. The lowest BCUT2D eigenvalue weighted by molar-refractivity contribution is 0.172. The summed E-state index contributed by atoms with van der Waals surface area (Å²) in [5.41, 5.74) is 0.817. The van der Waals surface area contributed by atoms with Crippen LogP contribution >= 0.6 is 0 Å². The number of aliphatic hydroxyl groups excluding tert-OH is 1. The molecule has 1 rings (SSSR count). The topological polar surface area (TPSA) is 34.3 Å². The zero-order valence-corrected chi connectivity index (χ0v) is 5.86. The molecule has 10 heavy (non-hydrogen) atoms. The molecule has 0 amide bonds. The monoisotopic (exact) mass is 136 g/mol. The van der Waals surface area contributed by atoms with Crippen LogP contribution in [-0.2, 0) is 0 Å². The van der Waals surface area contributed by atoms with Crippen LogP contribution in [0.4, 0.5) is 5.69 Å². The minimum Gasteiger partial charge on any atom is -0.372 e. The summed E-state index contributed by atoms with van der Waals surface area (Å²) in [6.07, 6.45) is -0.609. The average molecular weight is 136 g/mol. The SMILES string of the molecule is CC(O)[N]c1ccccc1. The fourth-order valence-corrected chi connectivity index (χ4v) is 0.730. The maximum Gasteiger partial charge on any atom is 0.143 e. The van der Waals surface area contributed by atoms with Crippen molar-refractivity contribution in [3.8, 4) is 0 Å². The van der Waals surface area contributed by atoms with Gasteiger partial charge in [0.1, 0.15) is 6.23 Å². The lowest BCUT2D eigenvalue weighted by atomic mass is 10.3. The minimum atomic E-state index is -0.609. The molecule has 1 N–H and O–H groups in total. The van der Waals surface area contributed by atoms with Crippen molar-refractivity contribution in [3.63, 3.8) is 0 Å². The van der Waals surface area contributed by atoms with Gasteiger partial charge in [0, 0.05) is 0 Å². The van der Waals surface area contributed by atoms with Gasteiger partial charge in [0.15, 0.2) is 0 Å². The second-order valence-electron chi connectivity index (χ2n) is 2.10. The van der Waals surface area contributed by atoms with E-state index in [1.165, 1.54) is 0 Å². The van der Waals surface area contributed by atoms with Crippen molar-refractivity contribution in [3.05, 3.63) is 30.3 Å². The number of nitrogens with zero attached hydrogens (tertiary/aromatic N) is 1. The molecule has 1 aromatic carbocycles. The molecule has 0 spiro atoms. The molecule has 0 saturated heterocycles. The molecule has 0 heterocycles. The van der Waals surface area contributed by atoms with Crippen LogP contribution in [0.1, 0.15) is 6.92 Å². The van der Waals surface area contributed by atoms with Crippen molar-refractivity contribution < 1.29 is 5.11 Å². The maximum atomic E-state index is 8.84. The van der Waals surface area contributed by atoms with E-state index in [1.807, 2.05) is 30.3 Å². The first-order chi connectivity index (χ1) is 4.79. The van der Waals surface area contributed by atoms with Crippen molar-refractivity contribution in [2.75, 3.05) is 0 Å². The largest absolute Gasteiger partial charge is 0.372 e. The van der Waals surface area contributed by atoms with Crippen molar-refractivity contribution in [2.45, 2.75) is 13.2 Å². The fourth-order valence-electron chi connectivity index (χ4n) is 0.730. The van der Waals surface area contributed by atoms with E-state index in [4.69, 9.17) is 5.11 Å². The van der Waals surface area contributed by atoms with Crippen LogP contribution in [0.2, 0.25) is 0 Å². The Kier molecular flexibility index (Phi) is 2.29. The number of benzene rings is 1. The normalized spacial score (nSPS) is 12.6. The quantitative estimate of drug-likeness (QED) is 0.652. The van der Waals surface area contributed by atoms with Crippen LogP contribution < -0.4 is 5.32 Å². The van der Waals surface area contributed by atoms with Gasteiger partial charge < -0.3 is 5.11 Å². The van der Waals surface area contributed by atoms with Crippen molar-refractivity contribution in [2.24, 2.45) is 0 Å². The molecule has 1 radical (unpaired) electrons. The number of para-hydroxylation sites is 1. The molecule has 0 fully saturated rings. The number of aliphatic hydroxyl groups is 1. The highest BCUT2D eigenvalue weighted by atomic mass is 16.3. The third-order valence-electron chi connectivity index (χ3n) is 1.09. The summed E-state index contributed by atoms with van der Waals surface area (Å²) < 4.78 is 0. The standard InChI is InChI=1S/C8H10NO/c1-7(10)9-8-5-3-2-4-6-8/h2-7,10H,1H3. The predicted octanol–water partition coefficient (Wildman–Crippen LogP) is 1.26. The zero-order valence-electron chi connectivity index (χ0n) is 5.86. The van der Waals surface area contributed by atoms with E-state index in [1.54, 1.807) is 6.92 Å². The highest BCUT2D eigenvalue weighted by Crippen LogP contribution is 2.05. The van der Waals surface area contributed by atoms with E-state index in [-0.39, 0.29) is 0 Å². The second kappa shape index (κ2) is 3.22. The molecular weight excluding hydrogens is 126 g/mol. The molecule has 0 aliphatic heterocycles. The second-order valence-corrected chi connectivity index (χ2v) is 2.10. The lowest BCUT2D eigenvalue weighted by Gasteiger charge is -2.03. The predicted molar refractivity (Wildman–Crippen MR) is 39.9 cm³/mol. The van der Waals surface area contributed by atoms with E-state index in [2.05, 4.69) is 5.32 Å². The van der Waals surface area contributed by atoms with Crippen molar-refractivity contribution in [1.29, 1.82) is 0 Å². The van der Waals surface area contributed by atoms with Crippen molar-refractivity contribution >= 4 is 5.69 Å². The first-order valence-electron chi connectivity index (χ1n) is 3.23. The van der Waals surface area contributed by atoms with Gasteiger partial charge in [-0.1, -0.05) is 18.2 Å². The molecule has 2 nitrogen and oxygen atoms in total. The van der Waals surface area contributed by atoms with Crippen LogP contribution in [0.25, 0.3) is 0 Å². The van der Waals surface area contributed by atoms with E-state index in [0.29, 0.717) is 0 Å². The minimum absolute atomic E-state index is 0.609. The van der Waals surface area contributed by atoms with E-state index < -0.39 is 6.23 Å². The van der Waals surface area contributed by atoms with Gasteiger partial charge >= 0.3 is 0 Å². The first-order valence-corrected chi connectivity index (χ1v) is 3.23. The number of rotatable bonds is 2. The Hall–Kier alpha value is -1.02. The van der Waals surface area contributed by atoms with Gasteiger partial charge in [-0.05, 0) is 19.1 Å². The summed E-state index contributed by atoms with van der Waals surface area (Å²) in [5, 5.41) is 12.8. The fraction of sp³-hybridized carbons (Fsp3) is 0.250. The summed E-state index contributed by atoms with van der Waals surface area (Å²) in [6, 6.07) is 9.41. The Morgan fingerprint density at radius 2 is 1.90 bits per heavy atom. The third kappa shape index (κ3) is 2.07. The average Bonchev–Trinajstić information content (AvgIpc) is 1.88. The lowest BCUT2D eigenvalue weighted by Crippen LogP contribution is -2.11. The maximum absolute atomic E-state index is 8.84. The van der Waals surface area contributed by atoms with Crippen LogP contribution in [-0.4, -0.2) is 11.3 Å².